The van der Waals surface area contributed by atoms with E-state index in [-0.39, 0.29) is 0 Å². The van der Waals surface area contributed by atoms with Gasteiger partial charge in [0.2, 0.25) is 0 Å². The van der Waals surface area contributed by atoms with Gasteiger partial charge >= 0.3 is 0 Å². The monoisotopic (exact) mass is 200 g/mol. The van der Waals surface area contributed by atoms with Crippen LogP contribution in [-0.2, 0) is 4.74 Å². The molecule has 0 radical (unpaired) electrons. The van der Waals surface area contributed by atoms with Crippen molar-refractivity contribution >= 4 is 0 Å². The lowest BCUT2D eigenvalue weighted by Crippen LogP contribution is -2.55. The van der Waals surface area contributed by atoms with Crippen molar-refractivity contribution < 1.29 is 4.74 Å². The Hall–Kier alpha value is -0.120. The molecule has 2 unspecified atom stereocenters. The maximum Gasteiger partial charge on any atom is 0.0620 e. The summed E-state index contributed by atoms with van der Waals surface area (Å²) in [5.74, 6) is 0.667. The largest absolute Gasteiger partial charge is 0.383 e. The van der Waals surface area contributed by atoms with E-state index in [1.54, 1.807) is 7.11 Å². The third-order valence-electron chi connectivity index (χ3n) is 2.98. The lowest BCUT2D eigenvalue weighted by Gasteiger charge is -2.39. The van der Waals surface area contributed by atoms with Gasteiger partial charge < -0.3 is 10.1 Å². The number of nitrogens with one attached hydrogen (secondary N) is 1. The second kappa shape index (κ2) is 5.69. The molecule has 0 amide bonds. The summed E-state index contributed by atoms with van der Waals surface area (Å²) in [7, 11) is 1.79. The van der Waals surface area contributed by atoms with Gasteiger partial charge in [-0.25, -0.2) is 0 Å². The van der Waals surface area contributed by atoms with Crippen molar-refractivity contribution in [2.24, 2.45) is 5.92 Å². The highest BCUT2D eigenvalue weighted by Crippen LogP contribution is 2.13. The van der Waals surface area contributed by atoms with Gasteiger partial charge in [0.15, 0.2) is 0 Å². The zero-order chi connectivity index (χ0) is 10.6. The van der Waals surface area contributed by atoms with Crippen LogP contribution >= 0.6 is 0 Å². The topological polar surface area (TPSA) is 24.5 Å². The van der Waals surface area contributed by atoms with Crippen molar-refractivity contribution in [3.63, 3.8) is 0 Å². The van der Waals surface area contributed by atoms with Crippen molar-refractivity contribution in [1.82, 2.24) is 10.2 Å². The first-order valence-corrected chi connectivity index (χ1v) is 5.61. The highest BCUT2D eigenvalue weighted by molar-refractivity contribution is 4.82. The molecule has 84 valence electrons. The standard InChI is InChI=1S/C11H24N2O/c1-9(2)11(8-14-4)13-6-5-12-10(3)7-13/h9-12H,5-8H2,1-4H3. The fourth-order valence-corrected chi connectivity index (χ4v) is 2.15. The van der Waals surface area contributed by atoms with Crippen LogP contribution in [0, 0.1) is 5.92 Å². The summed E-state index contributed by atoms with van der Waals surface area (Å²) in [5, 5.41) is 3.47. The number of hydrogen-bond donors (Lipinski definition) is 1. The predicted molar refractivity (Wildman–Crippen MR) is 59.5 cm³/mol. The molecule has 0 aromatic carbocycles. The molecule has 0 aliphatic carbocycles. The Kier molecular flexibility index (Phi) is 4.85. The molecule has 0 saturated carbocycles. The normalized spacial score (nSPS) is 26.8. The van der Waals surface area contributed by atoms with E-state index in [1.165, 1.54) is 0 Å². The number of hydrogen-bond acceptors (Lipinski definition) is 3. The van der Waals surface area contributed by atoms with Crippen molar-refractivity contribution in [2.45, 2.75) is 32.9 Å². The fourth-order valence-electron chi connectivity index (χ4n) is 2.15. The van der Waals surface area contributed by atoms with Crippen molar-refractivity contribution in [3.05, 3.63) is 0 Å². The molecular formula is C11H24N2O. The molecule has 1 fully saturated rings. The van der Waals surface area contributed by atoms with Gasteiger partial charge in [0.05, 0.1) is 6.61 Å². The van der Waals surface area contributed by atoms with Crippen molar-refractivity contribution in [2.75, 3.05) is 33.4 Å². The van der Waals surface area contributed by atoms with E-state index in [2.05, 4.69) is 31.0 Å². The fraction of sp³-hybridized carbons (Fsp3) is 1.00. The minimum Gasteiger partial charge on any atom is -0.383 e. The first-order valence-electron chi connectivity index (χ1n) is 5.61. The lowest BCUT2D eigenvalue weighted by molar-refractivity contribution is 0.0478. The van der Waals surface area contributed by atoms with Crippen LogP contribution in [0.5, 0.6) is 0 Å². The SMILES string of the molecule is COCC(C(C)C)N1CCNC(C)C1. The third kappa shape index (κ3) is 3.23. The number of rotatable bonds is 4. The minimum atomic E-state index is 0.574. The molecule has 2 atom stereocenters. The van der Waals surface area contributed by atoms with Gasteiger partial charge in [-0.1, -0.05) is 13.8 Å². The second-order valence-electron chi connectivity index (χ2n) is 4.62. The van der Waals surface area contributed by atoms with Crippen LogP contribution in [0.1, 0.15) is 20.8 Å². The summed E-state index contributed by atoms with van der Waals surface area (Å²) >= 11 is 0. The van der Waals surface area contributed by atoms with Crippen LogP contribution < -0.4 is 5.32 Å². The van der Waals surface area contributed by atoms with E-state index in [1.807, 2.05) is 0 Å². The molecule has 0 bridgehead atoms. The Morgan fingerprint density at radius 1 is 1.50 bits per heavy atom. The van der Waals surface area contributed by atoms with E-state index in [0.29, 0.717) is 18.0 Å². The van der Waals surface area contributed by atoms with E-state index < -0.39 is 0 Å². The highest BCUT2D eigenvalue weighted by atomic mass is 16.5. The second-order valence-corrected chi connectivity index (χ2v) is 4.62. The maximum atomic E-state index is 5.29. The smallest absolute Gasteiger partial charge is 0.0620 e. The zero-order valence-corrected chi connectivity index (χ0v) is 9.92. The summed E-state index contributed by atoms with van der Waals surface area (Å²) in [5.41, 5.74) is 0. The number of nitrogens with zero attached hydrogens (tertiary/aromatic N) is 1. The molecule has 1 saturated heterocycles. The van der Waals surface area contributed by atoms with Crippen LogP contribution in [0.4, 0.5) is 0 Å². The molecule has 1 rings (SSSR count). The Balaban J connectivity index is 2.48. The predicted octanol–water partition coefficient (Wildman–Crippen LogP) is 0.951. The van der Waals surface area contributed by atoms with Gasteiger partial charge in [-0.3, -0.25) is 4.90 Å². The Labute approximate surface area is 87.8 Å². The Morgan fingerprint density at radius 2 is 2.21 bits per heavy atom. The van der Waals surface area contributed by atoms with E-state index in [4.69, 9.17) is 4.74 Å². The molecule has 0 spiro atoms. The molecule has 0 aromatic heterocycles. The minimum absolute atomic E-state index is 0.574. The van der Waals surface area contributed by atoms with Crippen LogP contribution in [0.25, 0.3) is 0 Å². The first kappa shape index (κ1) is 12.0. The van der Waals surface area contributed by atoms with Gasteiger partial charge in [-0.05, 0) is 12.8 Å². The van der Waals surface area contributed by atoms with Crippen LogP contribution in [-0.4, -0.2) is 50.3 Å². The Morgan fingerprint density at radius 3 is 2.71 bits per heavy atom. The summed E-state index contributed by atoms with van der Waals surface area (Å²) in [6.45, 7) is 11.0. The summed E-state index contributed by atoms with van der Waals surface area (Å²) in [6, 6.07) is 1.19. The van der Waals surface area contributed by atoms with Crippen molar-refractivity contribution in [3.8, 4) is 0 Å². The number of methoxy groups -OCH3 is 1. The van der Waals surface area contributed by atoms with Crippen LogP contribution in [0.3, 0.4) is 0 Å². The van der Waals surface area contributed by atoms with Crippen LogP contribution in [0.2, 0.25) is 0 Å². The molecule has 1 aliphatic heterocycles. The average Bonchev–Trinajstić information content (AvgIpc) is 2.13. The molecule has 1 aliphatic rings. The average molecular weight is 200 g/mol. The molecule has 1 heterocycles. The summed E-state index contributed by atoms with van der Waals surface area (Å²) < 4.78 is 5.29. The lowest BCUT2D eigenvalue weighted by atomic mass is 10.0. The highest BCUT2D eigenvalue weighted by Gasteiger charge is 2.25. The van der Waals surface area contributed by atoms with Gasteiger partial charge in [0, 0.05) is 38.8 Å². The molecule has 14 heavy (non-hydrogen) atoms. The molecule has 1 N–H and O–H groups in total. The number of piperazine rings is 1. The third-order valence-corrected chi connectivity index (χ3v) is 2.98. The quantitative estimate of drug-likeness (QED) is 0.731. The van der Waals surface area contributed by atoms with E-state index in [0.717, 1.165) is 26.2 Å². The molecule has 0 aromatic rings. The molecule has 3 nitrogen and oxygen atoms in total. The van der Waals surface area contributed by atoms with Gasteiger partial charge in [0.25, 0.3) is 0 Å². The maximum absolute atomic E-state index is 5.29. The number of ether oxygens (including phenoxy) is 1. The summed E-state index contributed by atoms with van der Waals surface area (Å²) in [6.07, 6.45) is 0. The molecular weight excluding hydrogens is 176 g/mol. The van der Waals surface area contributed by atoms with Crippen molar-refractivity contribution in [1.29, 1.82) is 0 Å². The van der Waals surface area contributed by atoms with Gasteiger partial charge in [-0.15, -0.1) is 0 Å². The van der Waals surface area contributed by atoms with Crippen LogP contribution in [0.15, 0.2) is 0 Å². The summed E-state index contributed by atoms with van der Waals surface area (Å²) in [4.78, 5) is 2.55. The van der Waals surface area contributed by atoms with E-state index in [9.17, 15) is 0 Å². The Bertz CT molecular complexity index is 161. The first-order chi connectivity index (χ1) is 6.65. The van der Waals surface area contributed by atoms with E-state index >= 15 is 0 Å². The van der Waals surface area contributed by atoms with Gasteiger partial charge in [-0.2, -0.15) is 0 Å². The zero-order valence-electron chi connectivity index (χ0n) is 9.92. The molecule has 3 heteroatoms. The van der Waals surface area contributed by atoms with Gasteiger partial charge in [0.1, 0.15) is 0 Å².